The molecule has 434 valence electrons. The van der Waals surface area contributed by atoms with Crippen LogP contribution in [0.25, 0.3) is 5.57 Å². The van der Waals surface area contributed by atoms with Crippen LogP contribution in [0.4, 0.5) is 79.6 Å². The molecular formula is C84H61B2N5S. The van der Waals surface area contributed by atoms with E-state index in [0.29, 0.717) is 0 Å². The first kappa shape index (κ1) is 54.1. The van der Waals surface area contributed by atoms with E-state index >= 15 is 0 Å². The molecule has 5 nitrogen and oxygen atoms in total. The van der Waals surface area contributed by atoms with Crippen molar-refractivity contribution in [3.05, 3.63) is 345 Å². The van der Waals surface area contributed by atoms with Crippen LogP contribution in [0.3, 0.4) is 0 Å². The minimum atomic E-state index is -0.134. The van der Waals surface area contributed by atoms with E-state index in [1.807, 2.05) is 11.8 Å². The van der Waals surface area contributed by atoms with Gasteiger partial charge in [0.1, 0.15) is 0 Å². The third-order valence-electron chi connectivity index (χ3n) is 19.5. The normalized spacial score (nSPS) is 15.4. The highest BCUT2D eigenvalue weighted by Crippen LogP contribution is 2.53. The standard InChI is InChI=1S/C84H61B2N5S/c1-9-30-58(31-10-1)68-46-29-47-69(59-32-11-2-12-33-59)84(68)91-76-57-80-73(86-71-49-26-28-51-75(71)90(65-44-23-8-24-45-65)79-54-67(55-81(92-80)83(79)86)88(62-38-17-5-18-39-62)63-40-19-6-20-41-63)56-72(76)85-70-48-25-27-50-74(70)89(64-42-21-7-22-43-64)77-52-66(53-78(91)82(77)85)87(60-34-13-3-14-35-60)61-36-15-4-16-37-61/h1-28,30-46,48-57,69,84H,29,47H2. The second-order valence-electron chi connectivity index (χ2n) is 24.6. The Morgan fingerprint density at radius 2 is 0.750 bits per heavy atom. The Labute approximate surface area is 543 Å². The van der Waals surface area contributed by atoms with Crippen molar-refractivity contribution in [3.8, 4) is 0 Å². The van der Waals surface area contributed by atoms with Crippen LogP contribution in [-0.4, -0.2) is 19.5 Å². The van der Waals surface area contributed by atoms with Crippen molar-refractivity contribution in [1.82, 2.24) is 0 Å². The Morgan fingerprint density at radius 3 is 1.27 bits per heavy atom. The molecule has 0 saturated carbocycles. The van der Waals surface area contributed by atoms with Crippen molar-refractivity contribution in [3.63, 3.8) is 0 Å². The van der Waals surface area contributed by atoms with Gasteiger partial charge < -0.3 is 24.5 Å². The predicted molar refractivity (Wildman–Crippen MR) is 390 cm³/mol. The Bertz CT molecular complexity index is 4870. The molecule has 18 rings (SSSR count). The summed E-state index contributed by atoms with van der Waals surface area (Å²) in [5.41, 5.74) is 27.9. The molecule has 13 aromatic rings. The lowest BCUT2D eigenvalue weighted by molar-refractivity contribution is 0.551. The lowest BCUT2D eigenvalue weighted by Gasteiger charge is -2.50. The average molecular weight is 1190 g/mol. The minimum Gasteiger partial charge on any atom is -0.334 e. The van der Waals surface area contributed by atoms with E-state index < -0.39 is 0 Å². The number of rotatable bonds is 11. The smallest absolute Gasteiger partial charge is 0.252 e. The molecule has 0 N–H and O–H groups in total. The molecule has 0 fully saturated rings. The fourth-order valence-corrected chi connectivity index (χ4v) is 17.0. The van der Waals surface area contributed by atoms with Crippen LogP contribution >= 0.6 is 11.8 Å². The first-order chi connectivity index (χ1) is 45.7. The maximum absolute atomic E-state index is 2.85. The molecule has 5 aliphatic rings. The lowest BCUT2D eigenvalue weighted by Crippen LogP contribution is -2.65. The third kappa shape index (κ3) is 8.87. The molecule has 0 amide bonds. The molecule has 13 aromatic carbocycles. The maximum Gasteiger partial charge on any atom is 0.252 e. The van der Waals surface area contributed by atoms with Gasteiger partial charge in [-0.1, -0.05) is 236 Å². The predicted octanol–water partition coefficient (Wildman–Crippen LogP) is 18.2. The van der Waals surface area contributed by atoms with Crippen LogP contribution < -0.4 is 57.3 Å². The summed E-state index contributed by atoms with van der Waals surface area (Å²) in [4.78, 5) is 15.4. The summed E-state index contributed by atoms with van der Waals surface area (Å²) >= 11 is 1.94. The highest BCUT2D eigenvalue weighted by atomic mass is 32.2. The van der Waals surface area contributed by atoms with Gasteiger partial charge in [0, 0.05) is 89.6 Å². The fourth-order valence-electron chi connectivity index (χ4n) is 15.8. The Hall–Kier alpha value is -10.9. The molecule has 8 heteroatoms. The number of para-hydroxylation sites is 8. The maximum atomic E-state index is 2.85. The number of benzene rings is 13. The van der Waals surface area contributed by atoms with E-state index in [0.717, 1.165) is 58.3 Å². The van der Waals surface area contributed by atoms with Crippen molar-refractivity contribution in [1.29, 1.82) is 0 Å². The minimum absolute atomic E-state index is 0.0816. The molecule has 4 aliphatic heterocycles. The van der Waals surface area contributed by atoms with Crippen LogP contribution in [0.2, 0.25) is 0 Å². The van der Waals surface area contributed by atoms with Gasteiger partial charge in [0.05, 0.1) is 11.7 Å². The van der Waals surface area contributed by atoms with Crippen LogP contribution in [0.5, 0.6) is 0 Å². The van der Waals surface area contributed by atoms with E-state index in [1.54, 1.807) is 0 Å². The number of hydrogen-bond acceptors (Lipinski definition) is 6. The number of nitrogens with zero attached hydrogens (tertiary/aromatic N) is 5. The SMILES string of the molecule is C1=C(c2ccccc2)C(N2c3cc4c(cc3B3c5ccccc5N(c5ccccc5)c5cc(N(c6ccccc6)c6ccccc6)cc2c53)B2c3ccccc3N(c3ccccc3)c3cc(N(c5ccccc5)c5ccccc5)cc(c32)S4)C(c2ccccc2)CC1. The second-order valence-corrected chi connectivity index (χ2v) is 25.7. The number of anilines is 14. The first-order valence-electron chi connectivity index (χ1n) is 32.2. The molecule has 0 radical (unpaired) electrons. The van der Waals surface area contributed by atoms with E-state index in [4.69, 9.17) is 0 Å². The Morgan fingerprint density at radius 1 is 0.326 bits per heavy atom. The molecule has 0 bridgehead atoms. The van der Waals surface area contributed by atoms with Crippen molar-refractivity contribution in [2.75, 3.05) is 24.5 Å². The molecule has 4 heterocycles. The zero-order valence-electron chi connectivity index (χ0n) is 50.6. The van der Waals surface area contributed by atoms with Crippen LogP contribution in [-0.2, 0) is 0 Å². The summed E-state index contributed by atoms with van der Waals surface area (Å²) in [6.07, 6.45) is 4.54. The summed E-state index contributed by atoms with van der Waals surface area (Å²) < 4.78 is 0. The molecule has 1 aliphatic carbocycles. The number of hydrogen-bond donors (Lipinski definition) is 0. The molecule has 0 spiro atoms. The summed E-state index contributed by atoms with van der Waals surface area (Å²) in [7, 11) is 0. The largest absolute Gasteiger partial charge is 0.334 e. The van der Waals surface area contributed by atoms with E-state index in [9.17, 15) is 0 Å². The van der Waals surface area contributed by atoms with Crippen LogP contribution in [0.1, 0.15) is 29.9 Å². The highest BCUT2D eigenvalue weighted by molar-refractivity contribution is 8.00. The number of allylic oxidation sites excluding steroid dienone is 1. The molecule has 0 saturated heterocycles. The lowest BCUT2D eigenvalue weighted by atomic mass is 9.31. The topological polar surface area (TPSA) is 16.2 Å². The van der Waals surface area contributed by atoms with Gasteiger partial charge in [-0.25, -0.2) is 0 Å². The zero-order chi connectivity index (χ0) is 60.6. The second kappa shape index (κ2) is 22.5. The number of fused-ring (bicyclic) bond motifs is 8. The highest BCUT2D eigenvalue weighted by Gasteiger charge is 2.50. The molecular weight excluding hydrogens is 1130 g/mol. The van der Waals surface area contributed by atoms with Gasteiger partial charge >= 0.3 is 0 Å². The monoisotopic (exact) mass is 1190 g/mol. The quantitative estimate of drug-likeness (QED) is 0.119. The first-order valence-corrected chi connectivity index (χ1v) is 33.0. The summed E-state index contributed by atoms with van der Waals surface area (Å²) in [6.45, 7) is -0.216. The van der Waals surface area contributed by atoms with Gasteiger partial charge in [-0.15, -0.1) is 0 Å². The molecule has 92 heavy (non-hydrogen) atoms. The summed E-state index contributed by atoms with van der Waals surface area (Å²) in [5, 5.41) is 0. The van der Waals surface area contributed by atoms with E-state index in [-0.39, 0.29) is 25.4 Å². The molecule has 2 atom stereocenters. The van der Waals surface area contributed by atoms with Gasteiger partial charge in [0.2, 0.25) is 6.71 Å². The van der Waals surface area contributed by atoms with Gasteiger partial charge in [0.15, 0.2) is 0 Å². The Kier molecular flexibility index (Phi) is 13.2. The summed E-state index contributed by atoms with van der Waals surface area (Å²) in [5.74, 6) is 0.131. The Balaban J connectivity index is 0.955. The van der Waals surface area contributed by atoms with Crippen molar-refractivity contribution >= 4 is 143 Å². The fraction of sp³-hybridized carbons (Fsp3) is 0.0476. The molecule has 2 unspecified atom stereocenters. The van der Waals surface area contributed by atoms with Gasteiger partial charge in [-0.3, -0.25) is 0 Å². The van der Waals surface area contributed by atoms with Gasteiger partial charge in [-0.05, 0) is 172 Å². The third-order valence-corrected chi connectivity index (χ3v) is 20.7. The average Bonchev–Trinajstić information content (AvgIpc) is 0.690. The van der Waals surface area contributed by atoms with Crippen LogP contribution in [0.15, 0.2) is 343 Å². The van der Waals surface area contributed by atoms with E-state index in [1.165, 1.54) is 93.4 Å². The molecule has 0 aromatic heterocycles. The van der Waals surface area contributed by atoms with E-state index in [2.05, 4.69) is 358 Å². The zero-order valence-corrected chi connectivity index (χ0v) is 51.4. The van der Waals surface area contributed by atoms with Crippen LogP contribution in [0, 0.1) is 0 Å². The van der Waals surface area contributed by atoms with Crippen molar-refractivity contribution in [2.24, 2.45) is 0 Å². The van der Waals surface area contributed by atoms with Gasteiger partial charge in [-0.2, -0.15) is 0 Å². The summed E-state index contributed by atoms with van der Waals surface area (Å²) in [6, 6.07) is 122. The van der Waals surface area contributed by atoms with Crippen molar-refractivity contribution < 1.29 is 0 Å². The van der Waals surface area contributed by atoms with Gasteiger partial charge in [0.25, 0.3) is 6.71 Å². The van der Waals surface area contributed by atoms with Crippen molar-refractivity contribution in [2.45, 2.75) is 34.6 Å².